The summed E-state index contributed by atoms with van der Waals surface area (Å²) in [6.45, 7) is 5.68. The lowest BCUT2D eigenvalue weighted by molar-refractivity contribution is 0.303. The zero-order chi connectivity index (χ0) is 15.7. The normalized spacial score (nSPS) is 13.1. The van der Waals surface area contributed by atoms with Gasteiger partial charge in [0.15, 0.2) is 9.84 Å². The van der Waals surface area contributed by atoms with Crippen LogP contribution in [0.1, 0.15) is 39.5 Å². The van der Waals surface area contributed by atoms with E-state index in [-0.39, 0.29) is 0 Å². The van der Waals surface area contributed by atoms with Gasteiger partial charge in [-0.05, 0) is 31.5 Å². The first-order chi connectivity index (χ1) is 9.93. The molecule has 5 heteroatoms. The van der Waals surface area contributed by atoms with E-state index in [1.165, 1.54) is 31.9 Å². The van der Waals surface area contributed by atoms with Gasteiger partial charge in [0.05, 0.1) is 4.90 Å². The third kappa shape index (κ3) is 7.48. The highest BCUT2D eigenvalue weighted by atomic mass is 32.2. The summed E-state index contributed by atoms with van der Waals surface area (Å²) in [6.07, 6.45) is 6.15. The molecule has 0 amide bonds. The monoisotopic (exact) mass is 313 g/mol. The second-order valence-corrected chi connectivity index (χ2v) is 7.46. The molecular formula is C16H27NO3S. The first-order valence-corrected chi connectivity index (χ1v) is 9.49. The molecule has 0 spiro atoms. The molecule has 0 aromatic heterocycles. The predicted molar refractivity (Wildman–Crippen MR) is 86.7 cm³/mol. The van der Waals surface area contributed by atoms with E-state index in [4.69, 9.17) is 4.74 Å². The van der Waals surface area contributed by atoms with E-state index in [1.807, 2.05) is 0 Å². The maximum Gasteiger partial charge on any atom is 0.175 e. The standard InChI is InChI=1S/C16H27NO3S/c1-4-5-6-8-14(2)17-11-12-20-15-9-7-10-16(13-15)21(3,18)19/h7,9-10,13-14,17H,4-6,8,11-12H2,1-3H3. The SMILES string of the molecule is CCCCCC(C)NCCOc1cccc(S(C)(=O)=O)c1. The molecule has 1 N–H and O–H groups in total. The molecule has 0 saturated heterocycles. The number of hydrogen-bond donors (Lipinski definition) is 1. The van der Waals surface area contributed by atoms with Gasteiger partial charge in [0, 0.05) is 18.8 Å². The van der Waals surface area contributed by atoms with Gasteiger partial charge in [-0.15, -0.1) is 0 Å². The Bertz CT molecular complexity index is 514. The van der Waals surface area contributed by atoms with Crippen LogP contribution in [0.4, 0.5) is 0 Å². The lowest BCUT2D eigenvalue weighted by Crippen LogP contribution is -2.30. The van der Waals surface area contributed by atoms with E-state index in [1.54, 1.807) is 24.3 Å². The highest BCUT2D eigenvalue weighted by molar-refractivity contribution is 7.90. The number of hydrogen-bond acceptors (Lipinski definition) is 4. The lowest BCUT2D eigenvalue weighted by Gasteiger charge is -2.14. The van der Waals surface area contributed by atoms with Crippen LogP contribution in [0.3, 0.4) is 0 Å². The average molecular weight is 313 g/mol. The van der Waals surface area contributed by atoms with Gasteiger partial charge in [-0.3, -0.25) is 0 Å². The third-order valence-corrected chi connectivity index (χ3v) is 4.45. The first kappa shape index (κ1) is 18.0. The molecule has 21 heavy (non-hydrogen) atoms. The summed E-state index contributed by atoms with van der Waals surface area (Å²) < 4.78 is 28.5. The van der Waals surface area contributed by atoms with Crippen molar-refractivity contribution in [2.45, 2.75) is 50.5 Å². The number of nitrogens with one attached hydrogen (secondary N) is 1. The fraction of sp³-hybridized carbons (Fsp3) is 0.625. The second kappa shape index (κ2) is 9.05. The van der Waals surface area contributed by atoms with Crippen LogP contribution in [0.2, 0.25) is 0 Å². The summed E-state index contributed by atoms with van der Waals surface area (Å²) in [6, 6.07) is 7.12. The Hall–Kier alpha value is -1.07. The smallest absolute Gasteiger partial charge is 0.175 e. The predicted octanol–water partition coefficient (Wildman–Crippen LogP) is 3.03. The molecule has 1 aromatic carbocycles. The summed E-state index contributed by atoms with van der Waals surface area (Å²) >= 11 is 0. The Morgan fingerprint density at radius 2 is 2.05 bits per heavy atom. The van der Waals surface area contributed by atoms with E-state index in [2.05, 4.69) is 19.2 Å². The number of ether oxygens (including phenoxy) is 1. The molecule has 1 atom stereocenters. The van der Waals surface area contributed by atoms with Crippen LogP contribution >= 0.6 is 0 Å². The number of rotatable bonds is 10. The number of unbranched alkanes of at least 4 members (excludes halogenated alkanes) is 2. The maximum atomic E-state index is 11.5. The minimum atomic E-state index is -3.18. The molecular weight excluding hydrogens is 286 g/mol. The van der Waals surface area contributed by atoms with Gasteiger partial charge < -0.3 is 10.1 Å². The molecule has 0 aliphatic rings. The first-order valence-electron chi connectivity index (χ1n) is 7.59. The van der Waals surface area contributed by atoms with Gasteiger partial charge in [0.25, 0.3) is 0 Å². The van der Waals surface area contributed by atoms with E-state index in [9.17, 15) is 8.42 Å². The number of benzene rings is 1. The van der Waals surface area contributed by atoms with Crippen LogP contribution in [-0.2, 0) is 9.84 Å². The topological polar surface area (TPSA) is 55.4 Å². The van der Waals surface area contributed by atoms with Crippen molar-refractivity contribution in [3.63, 3.8) is 0 Å². The molecule has 120 valence electrons. The van der Waals surface area contributed by atoms with Crippen LogP contribution in [0.25, 0.3) is 0 Å². The molecule has 1 aromatic rings. The molecule has 0 saturated carbocycles. The van der Waals surface area contributed by atoms with Crippen molar-refractivity contribution in [2.75, 3.05) is 19.4 Å². The van der Waals surface area contributed by atoms with Gasteiger partial charge in [0.2, 0.25) is 0 Å². The van der Waals surface area contributed by atoms with Crippen LogP contribution in [0.15, 0.2) is 29.2 Å². The minimum Gasteiger partial charge on any atom is -0.492 e. The molecule has 0 aliphatic heterocycles. The van der Waals surface area contributed by atoms with E-state index in [0.29, 0.717) is 23.3 Å². The Morgan fingerprint density at radius 3 is 2.71 bits per heavy atom. The number of sulfone groups is 1. The highest BCUT2D eigenvalue weighted by Crippen LogP contribution is 2.17. The van der Waals surface area contributed by atoms with Gasteiger partial charge in [-0.2, -0.15) is 0 Å². The lowest BCUT2D eigenvalue weighted by atomic mass is 10.1. The molecule has 0 radical (unpaired) electrons. The van der Waals surface area contributed by atoms with E-state index < -0.39 is 9.84 Å². The summed E-state index contributed by atoms with van der Waals surface area (Å²) in [4.78, 5) is 0.292. The molecule has 4 nitrogen and oxygen atoms in total. The van der Waals surface area contributed by atoms with Gasteiger partial charge in [0.1, 0.15) is 12.4 Å². The van der Waals surface area contributed by atoms with Crippen molar-refractivity contribution >= 4 is 9.84 Å². The second-order valence-electron chi connectivity index (χ2n) is 5.45. The quantitative estimate of drug-likeness (QED) is 0.675. The summed E-state index contributed by atoms with van der Waals surface area (Å²) in [5.74, 6) is 0.596. The van der Waals surface area contributed by atoms with Crippen molar-refractivity contribution in [1.82, 2.24) is 5.32 Å². The molecule has 1 rings (SSSR count). The van der Waals surface area contributed by atoms with Crippen molar-refractivity contribution < 1.29 is 13.2 Å². The zero-order valence-corrected chi connectivity index (χ0v) is 14.1. The largest absolute Gasteiger partial charge is 0.492 e. The molecule has 1 unspecified atom stereocenters. The fourth-order valence-corrected chi connectivity index (χ4v) is 2.73. The van der Waals surface area contributed by atoms with Crippen molar-refractivity contribution in [1.29, 1.82) is 0 Å². The van der Waals surface area contributed by atoms with Crippen LogP contribution < -0.4 is 10.1 Å². The summed E-state index contributed by atoms with van der Waals surface area (Å²) in [7, 11) is -3.18. The summed E-state index contributed by atoms with van der Waals surface area (Å²) in [5, 5.41) is 3.41. The van der Waals surface area contributed by atoms with Crippen LogP contribution in [0, 0.1) is 0 Å². The zero-order valence-electron chi connectivity index (χ0n) is 13.3. The van der Waals surface area contributed by atoms with Crippen LogP contribution in [0.5, 0.6) is 5.75 Å². The Balaban J connectivity index is 2.30. The van der Waals surface area contributed by atoms with Gasteiger partial charge in [-0.25, -0.2) is 8.42 Å². The average Bonchev–Trinajstić information content (AvgIpc) is 2.43. The van der Waals surface area contributed by atoms with Crippen LogP contribution in [-0.4, -0.2) is 33.9 Å². The molecule has 0 fully saturated rings. The Kier molecular flexibility index (Phi) is 7.75. The van der Waals surface area contributed by atoms with Crippen molar-refractivity contribution in [3.8, 4) is 5.75 Å². The Morgan fingerprint density at radius 1 is 1.29 bits per heavy atom. The van der Waals surface area contributed by atoms with Crippen molar-refractivity contribution in [2.24, 2.45) is 0 Å². The summed E-state index contributed by atoms with van der Waals surface area (Å²) in [5.41, 5.74) is 0. The van der Waals surface area contributed by atoms with Gasteiger partial charge in [-0.1, -0.05) is 32.3 Å². The highest BCUT2D eigenvalue weighted by Gasteiger charge is 2.07. The molecule has 0 aliphatic carbocycles. The van der Waals surface area contributed by atoms with Crippen molar-refractivity contribution in [3.05, 3.63) is 24.3 Å². The maximum absolute atomic E-state index is 11.5. The van der Waals surface area contributed by atoms with Gasteiger partial charge >= 0.3 is 0 Å². The molecule has 0 bridgehead atoms. The fourth-order valence-electron chi connectivity index (χ4n) is 2.07. The minimum absolute atomic E-state index is 0.292. The van der Waals surface area contributed by atoms with E-state index in [0.717, 1.165) is 6.54 Å². The molecule has 0 heterocycles. The Labute approximate surface area is 128 Å². The third-order valence-electron chi connectivity index (χ3n) is 3.34. The van der Waals surface area contributed by atoms with E-state index >= 15 is 0 Å².